The SMILES string of the molecule is C[C@H](NCc1nnc(C2CC2)s1)[C@H]1CCCOC1. The molecule has 1 saturated heterocycles. The van der Waals surface area contributed by atoms with E-state index in [1.807, 2.05) is 0 Å². The van der Waals surface area contributed by atoms with Crippen molar-refractivity contribution in [2.24, 2.45) is 5.92 Å². The van der Waals surface area contributed by atoms with Gasteiger partial charge in [0.05, 0.1) is 6.61 Å². The van der Waals surface area contributed by atoms with Gasteiger partial charge in [-0.3, -0.25) is 0 Å². The predicted molar refractivity (Wildman–Crippen MR) is 71.7 cm³/mol. The highest BCUT2D eigenvalue weighted by Crippen LogP contribution is 2.41. The molecule has 1 saturated carbocycles. The Labute approximate surface area is 112 Å². The summed E-state index contributed by atoms with van der Waals surface area (Å²) < 4.78 is 5.53. The van der Waals surface area contributed by atoms with Gasteiger partial charge < -0.3 is 10.1 Å². The first-order valence-corrected chi connectivity index (χ1v) is 7.78. The molecule has 2 fully saturated rings. The van der Waals surface area contributed by atoms with Crippen LogP contribution in [-0.2, 0) is 11.3 Å². The second-order valence-electron chi connectivity index (χ2n) is 5.46. The minimum absolute atomic E-state index is 0.499. The lowest BCUT2D eigenvalue weighted by molar-refractivity contribution is 0.0417. The molecule has 18 heavy (non-hydrogen) atoms. The average molecular weight is 267 g/mol. The van der Waals surface area contributed by atoms with Crippen LogP contribution in [0.1, 0.15) is 48.5 Å². The van der Waals surface area contributed by atoms with E-state index in [2.05, 4.69) is 22.4 Å². The van der Waals surface area contributed by atoms with E-state index < -0.39 is 0 Å². The highest BCUT2D eigenvalue weighted by Gasteiger charge is 2.27. The maximum Gasteiger partial charge on any atom is 0.131 e. The third-order valence-corrected chi connectivity index (χ3v) is 4.97. The lowest BCUT2D eigenvalue weighted by Crippen LogP contribution is -2.37. The minimum Gasteiger partial charge on any atom is -0.381 e. The van der Waals surface area contributed by atoms with E-state index in [1.165, 1.54) is 30.7 Å². The van der Waals surface area contributed by atoms with Crippen LogP contribution in [0.3, 0.4) is 0 Å². The number of hydrogen-bond acceptors (Lipinski definition) is 5. The molecule has 0 radical (unpaired) electrons. The maximum atomic E-state index is 5.53. The molecular formula is C13H21N3OS. The van der Waals surface area contributed by atoms with Gasteiger partial charge in [-0.15, -0.1) is 10.2 Å². The molecule has 0 aromatic carbocycles. The summed E-state index contributed by atoms with van der Waals surface area (Å²) in [5, 5.41) is 14.5. The lowest BCUT2D eigenvalue weighted by Gasteiger charge is -2.28. The van der Waals surface area contributed by atoms with E-state index in [1.54, 1.807) is 11.3 Å². The van der Waals surface area contributed by atoms with Crippen LogP contribution in [0.4, 0.5) is 0 Å². The summed E-state index contributed by atoms with van der Waals surface area (Å²) in [5.74, 6) is 1.37. The molecule has 1 aliphatic carbocycles. The van der Waals surface area contributed by atoms with Crippen molar-refractivity contribution in [3.63, 3.8) is 0 Å². The second kappa shape index (κ2) is 5.63. The summed E-state index contributed by atoms with van der Waals surface area (Å²) >= 11 is 1.78. The van der Waals surface area contributed by atoms with E-state index in [4.69, 9.17) is 4.74 Å². The quantitative estimate of drug-likeness (QED) is 0.889. The molecule has 4 nitrogen and oxygen atoms in total. The number of nitrogens with zero attached hydrogens (tertiary/aromatic N) is 2. The standard InChI is InChI=1S/C13H21N3OS/c1-9(11-3-2-6-17-8-11)14-7-12-15-16-13(18-12)10-4-5-10/h9-11,14H,2-8H2,1H3/t9-,11-/m0/s1. The van der Waals surface area contributed by atoms with Crippen molar-refractivity contribution >= 4 is 11.3 Å². The topological polar surface area (TPSA) is 47.0 Å². The van der Waals surface area contributed by atoms with Crippen molar-refractivity contribution < 1.29 is 4.74 Å². The van der Waals surface area contributed by atoms with Crippen LogP contribution >= 0.6 is 11.3 Å². The monoisotopic (exact) mass is 267 g/mol. The zero-order valence-electron chi connectivity index (χ0n) is 10.9. The molecule has 3 rings (SSSR count). The summed E-state index contributed by atoms with van der Waals surface area (Å²) in [6.45, 7) is 4.94. The van der Waals surface area contributed by atoms with Gasteiger partial charge in [0.25, 0.3) is 0 Å². The molecule has 1 aromatic rings. The molecule has 100 valence electrons. The van der Waals surface area contributed by atoms with Gasteiger partial charge in [-0.2, -0.15) is 0 Å². The number of ether oxygens (including phenoxy) is 1. The van der Waals surface area contributed by atoms with E-state index in [0.717, 1.165) is 30.7 Å². The largest absolute Gasteiger partial charge is 0.381 e. The van der Waals surface area contributed by atoms with Gasteiger partial charge >= 0.3 is 0 Å². The van der Waals surface area contributed by atoms with Gasteiger partial charge in [-0.25, -0.2) is 0 Å². The van der Waals surface area contributed by atoms with Crippen LogP contribution in [0, 0.1) is 5.92 Å². The molecule has 0 spiro atoms. The highest BCUT2D eigenvalue weighted by atomic mass is 32.1. The Morgan fingerprint density at radius 1 is 1.39 bits per heavy atom. The molecule has 2 aliphatic rings. The number of rotatable bonds is 5. The van der Waals surface area contributed by atoms with Crippen LogP contribution in [-0.4, -0.2) is 29.5 Å². The fourth-order valence-electron chi connectivity index (χ4n) is 2.41. The van der Waals surface area contributed by atoms with Gasteiger partial charge in [0.2, 0.25) is 0 Å². The van der Waals surface area contributed by atoms with Crippen molar-refractivity contribution in [2.45, 2.75) is 51.1 Å². The van der Waals surface area contributed by atoms with Crippen molar-refractivity contribution in [2.75, 3.05) is 13.2 Å². The maximum absolute atomic E-state index is 5.53. The van der Waals surface area contributed by atoms with Crippen molar-refractivity contribution in [1.29, 1.82) is 0 Å². The summed E-state index contributed by atoms with van der Waals surface area (Å²) in [7, 11) is 0. The zero-order valence-corrected chi connectivity index (χ0v) is 11.7. The average Bonchev–Trinajstić information content (AvgIpc) is 3.16. The highest BCUT2D eigenvalue weighted by molar-refractivity contribution is 7.11. The van der Waals surface area contributed by atoms with E-state index >= 15 is 0 Å². The first-order chi connectivity index (χ1) is 8.83. The van der Waals surface area contributed by atoms with Gasteiger partial charge in [0.1, 0.15) is 10.0 Å². The molecule has 1 N–H and O–H groups in total. The number of nitrogens with one attached hydrogen (secondary N) is 1. The second-order valence-corrected chi connectivity index (χ2v) is 6.55. The summed E-state index contributed by atoms with van der Waals surface area (Å²) in [5.41, 5.74) is 0. The Kier molecular flexibility index (Phi) is 3.91. The Morgan fingerprint density at radius 2 is 2.28 bits per heavy atom. The molecule has 5 heteroatoms. The third-order valence-electron chi connectivity index (χ3n) is 3.89. The Bertz CT molecular complexity index is 385. The zero-order chi connectivity index (χ0) is 12.4. The molecule has 2 atom stereocenters. The van der Waals surface area contributed by atoms with Crippen LogP contribution < -0.4 is 5.32 Å². The first-order valence-electron chi connectivity index (χ1n) is 6.96. The Balaban J connectivity index is 1.46. The fraction of sp³-hybridized carbons (Fsp3) is 0.846. The predicted octanol–water partition coefficient (Wildman–Crippen LogP) is 2.32. The lowest BCUT2D eigenvalue weighted by atomic mass is 9.95. The van der Waals surface area contributed by atoms with Crippen LogP contribution in [0.25, 0.3) is 0 Å². The van der Waals surface area contributed by atoms with Crippen molar-refractivity contribution in [3.8, 4) is 0 Å². The number of aromatic nitrogens is 2. The third kappa shape index (κ3) is 3.08. The molecule has 0 amide bonds. The van der Waals surface area contributed by atoms with Gasteiger partial charge in [0.15, 0.2) is 0 Å². The smallest absolute Gasteiger partial charge is 0.131 e. The fourth-order valence-corrected chi connectivity index (χ4v) is 3.37. The molecular weight excluding hydrogens is 246 g/mol. The molecule has 0 bridgehead atoms. The molecule has 1 aliphatic heterocycles. The van der Waals surface area contributed by atoms with Gasteiger partial charge in [0, 0.05) is 25.1 Å². The van der Waals surface area contributed by atoms with Crippen LogP contribution in [0.15, 0.2) is 0 Å². The van der Waals surface area contributed by atoms with Crippen LogP contribution in [0.5, 0.6) is 0 Å². The summed E-state index contributed by atoms with van der Waals surface area (Å²) in [6, 6.07) is 0.499. The molecule has 1 aromatic heterocycles. The summed E-state index contributed by atoms with van der Waals surface area (Å²) in [4.78, 5) is 0. The first kappa shape index (κ1) is 12.5. The van der Waals surface area contributed by atoms with Crippen LogP contribution in [0.2, 0.25) is 0 Å². The van der Waals surface area contributed by atoms with E-state index in [0.29, 0.717) is 12.0 Å². The van der Waals surface area contributed by atoms with Crippen molar-refractivity contribution in [3.05, 3.63) is 10.0 Å². The molecule has 2 heterocycles. The number of hydrogen-bond donors (Lipinski definition) is 1. The van der Waals surface area contributed by atoms with Gasteiger partial charge in [-0.1, -0.05) is 11.3 Å². The normalized spacial score (nSPS) is 26.2. The Morgan fingerprint density at radius 3 is 3.00 bits per heavy atom. The van der Waals surface area contributed by atoms with E-state index in [-0.39, 0.29) is 0 Å². The van der Waals surface area contributed by atoms with E-state index in [9.17, 15) is 0 Å². The van der Waals surface area contributed by atoms with Crippen molar-refractivity contribution in [1.82, 2.24) is 15.5 Å². The molecule has 0 unspecified atom stereocenters. The Hall–Kier alpha value is -0.520. The minimum atomic E-state index is 0.499. The summed E-state index contributed by atoms with van der Waals surface area (Å²) in [6.07, 6.45) is 5.08. The van der Waals surface area contributed by atoms with Gasteiger partial charge in [-0.05, 0) is 38.5 Å².